The summed E-state index contributed by atoms with van der Waals surface area (Å²) in [5.41, 5.74) is 5.06. The largest absolute Gasteiger partial charge is 0.423 e. The fourth-order valence-corrected chi connectivity index (χ4v) is 3.15. The molecule has 0 aliphatic carbocycles. The Hall–Kier alpha value is -4.00. The first-order valence-corrected chi connectivity index (χ1v) is 8.85. The van der Waals surface area contributed by atoms with E-state index >= 15 is 0 Å². The Kier molecular flexibility index (Phi) is 4.02. The van der Waals surface area contributed by atoms with Crippen LogP contribution < -0.4 is 5.32 Å². The fourth-order valence-electron chi connectivity index (χ4n) is 3.15. The Morgan fingerprint density at radius 1 is 0.964 bits per heavy atom. The van der Waals surface area contributed by atoms with Gasteiger partial charge < -0.3 is 14.7 Å². The Balaban J connectivity index is 1.49. The summed E-state index contributed by atoms with van der Waals surface area (Å²) in [7, 11) is 0. The van der Waals surface area contributed by atoms with Crippen LogP contribution in [0.15, 0.2) is 77.9 Å². The van der Waals surface area contributed by atoms with Gasteiger partial charge in [-0.3, -0.25) is 4.98 Å². The third kappa shape index (κ3) is 3.09. The third-order valence-corrected chi connectivity index (χ3v) is 4.55. The van der Waals surface area contributed by atoms with Crippen LogP contribution in [0.1, 0.15) is 5.56 Å². The molecule has 4 heterocycles. The minimum atomic E-state index is 0.507. The maximum Gasteiger partial charge on any atom is 0.247 e. The molecule has 7 heteroatoms. The average molecular weight is 368 g/mol. The lowest BCUT2D eigenvalue weighted by molar-refractivity contribution is 0.568. The van der Waals surface area contributed by atoms with Crippen molar-refractivity contribution in [1.82, 2.24) is 25.1 Å². The summed E-state index contributed by atoms with van der Waals surface area (Å²) in [6, 6.07) is 16.1. The summed E-state index contributed by atoms with van der Waals surface area (Å²) in [4.78, 5) is 11.9. The summed E-state index contributed by atoms with van der Waals surface area (Å²) < 4.78 is 5.26. The van der Waals surface area contributed by atoms with Crippen molar-refractivity contribution in [1.29, 1.82) is 0 Å². The van der Waals surface area contributed by atoms with Crippen LogP contribution >= 0.6 is 0 Å². The predicted molar refractivity (Wildman–Crippen MR) is 106 cm³/mol. The highest BCUT2D eigenvalue weighted by atomic mass is 16.4. The molecule has 0 saturated heterocycles. The minimum absolute atomic E-state index is 0.507. The summed E-state index contributed by atoms with van der Waals surface area (Å²) >= 11 is 0. The molecule has 5 aromatic rings. The van der Waals surface area contributed by atoms with Crippen LogP contribution in [0.3, 0.4) is 0 Å². The number of nitrogens with zero attached hydrogens (tertiary/aromatic N) is 4. The normalized spacial score (nSPS) is 11.0. The van der Waals surface area contributed by atoms with Crippen LogP contribution in [0.4, 0.5) is 5.82 Å². The number of hydrogen-bond donors (Lipinski definition) is 2. The van der Waals surface area contributed by atoms with Crippen LogP contribution in [0.2, 0.25) is 0 Å². The number of pyridine rings is 2. The number of fused-ring (bicyclic) bond motifs is 1. The first-order chi connectivity index (χ1) is 13.9. The van der Waals surface area contributed by atoms with Gasteiger partial charge in [-0.05, 0) is 53.1 Å². The Labute approximate surface area is 160 Å². The van der Waals surface area contributed by atoms with Crippen molar-refractivity contribution < 1.29 is 4.42 Å². The van der Waals surface area contributed by atoms with E-state index in [-0.39, 0.29) is 0 Å². The lowest BCUT2D eigenvalue weighted by Gasteiger charge is -2.10. The molecule has 0 radical (unpaired) electrons. The molecule has 136 valence electrons. The zero-order chi connectivity index (χ0) is 18.8. The quantitative estimate of drug-likeness (QED) is 0.481. The van der Waals surface area contributed by atoms with E-state index in [2.05, 4.69) is 36.5 Å². The van der Waals surface area contributed by atoms with Gasteiger partial charge in [0.2, 0.25) is 12.3 Å². The molecule has 0 aliphatic rings. The van der Waals surface area contributed by atoms with Gasteiger partial charge in [0.05, 0.1) is 0 Å². The van der Waals surface area contributed by atoms with Crippen molar-refractivity contribution in [3.05, 3.63) is 79.1 Å². The van der Waals surface area contributed by atoms with Crippen molar-refractivity contribution in [2.45, 2.75) is 6.54 Å². The standard InChI is InChI=1S/C21H16N6O/c1-3-16(21-27-25-13-28-21)4-2-15(1)18-11-19(26-20-17(18)7-10-23-20)24-12-14-5-8-22-9-6-14/h1-11,13H,12H2,(H2,23,24,26). The second kappa shape index (κ2) is 6.96. The number of H-pyrrole nitrogens is 1. The molecular formula is C21H16N6O. The maximum atomic E-state index is 5.26. The molecule has 0 bridgehead atoms. The molecule has 2 N–H and O–H groups in total. The van der Waals surface area contributed by atoms with Crippen molar-refractivity contribution >= 4 is 16.9 Å². The van der Waals surface area contributed by atoms with E-state index in [1.54, 1.807) is 12.4 Å². The van der Waals surface area contributed by atoms with Gasteiger partial charge >= 0.3 is 0 Å². The Bertz CT molecular complexity index is 1200. The summed E-state index contributed by atoms with van der Waals surface area (Å²) in [5.74, 6) is 1.32. The highest BCUT2D eigenvalue weighted by molar-refractivity contribution is 5.95. The van der Waals surface area contributed by atoms with E-state index in [4.69, 9.17) is 4.42 Å². The van der Waals surface area contributed by atoms with Crippen molar-refractivity contribution in [3.63, 3.8) is 0 Å². The van der Waals surface area contributed by atoms with Gasteiger partial charge in [0.1, 0.15) is 11.5 Å². The fraction of sp³-hybridized carbons (Fsp3) is 0.0476. The molecule has 0 spiro atoms. The zero-order valence-corrected chi connectivity index (χ0v) is 14.8. The van der Waals surface area contributed by atoms with Crippen LogP contribution in [0.25, 0.3) is 33.6 Å². The van der Waals surface area contributed by atoms with Crippen molar-refractivity contribution in [2.75, 3.05) is 5.32 Å². The minimum Gasteiger partial charge on any atom is -0.423 e. The maximum absolute atomic E-state index is 5.26. The number of rotatable bonds is 5. The molecule has 28 heavy (non-hydrogen) atoms. The Morgan fingerprint density at radius 2 is 1.79 bits per heavy atom. The van der Waals surface area contributed by atoms with E-state index in [1.807, 2.05) is 48.7 Å². The van der Waals surface area contributed by atoms with Gasteiger partial charge in [-0.1, -0.05) is 12.1 Å². The lowest BCUT2D eigenvalue weighted by Crippen LogP contribution is -2.02. The second-order valence-corrected chi connectivity index (χ2v) is 6.33. The van der Waals surface area contributed by atoms with E-state index in [0.717, 1.165) is 39.1 Å². The number of hydrogen-bond acceptors (Lipinski definition) is 6. The summed E-state index contributed by atoms with van der Waals surface area (Å²) in [6.45, 7) is 0.678. The molecule has 5 rings (SSSR count). The molecule has 0 unspecified atom stereocenters. The van der Waals surface area contributed by atoms with Gasteiger partial charge in [0, 0.05) is 36.1 Å². The van der Waals surface area contributed by atoms with Crippen LogP contribution in [-0.4, -0.2) is 25.1 Å². The molecule has 0 fully saturated rings. The summed E-state index contributed by atoms with van der Waals surface area (Å²) in [6.07, 6.45) is 6.81. The van der Waals surface area contributed by atoms with Gasteiger partial charge in [-0.2, -0.15) is 0 Å². The molecule has 0 amide bonds. The summed E-state index contributed by atoms with van der Waals surface area (Å²) in [5, 5.41) is 12.1. The van der Waals surface area contributed by atoms with Gasteiger partial charge in [-0.15, -0.1) is 10.2 Å². The zero-order valence-electron chi connectivity index (χ0n) is 14.8. The third-order valence-electron chi connectivity index (χ3n) is 4.55. The van der Waals surface area contributed by atoms with Crippen LogP contribution in [0, 0.1) is 0 Å². The molecule has 0 atom stereocenters. The number of aromatic amines is 1. The van der Waals surface area contributed by atoms with Crippen molar-refractivity contribution in [3.8, 4) is 22.6 Å². The van der Waals surface area contributed by atoms with Crippen LogP contribution in [-0.2, 0) is 6.54 Å². The van der Waals surface area contributed by atoms with Crippen molar-refractivity contribution in [2.24, 2.45) is 0 Å². The number of nitrogens with one attached hydrogen (secondary N) is 2. The molecule has 0 saturated carbocycles. The second-order valence-electron chi connectivity index (χ2n) is 6.33. The first-order valence-electron chi connectivity index (χ1n) is 8.85. The first kappa shape index (κ1) is 16.2. The highest BCUT2D eigenvalue weighted by Crippen LogP contribution is 2.31. The van der Waals surface area contributed by atoms with E-state index in [9.17, 15) is 0 Å². The smallest absolute Gasteiger partial charge is 0.247 e. The van der Waals surface area contributed by atoms with Crippen LogP contribution in [0.5, 0.6) is 0 Å². The monoisotopic (exact) mass is 368 g/mol. The number of aromatic nitrogens is 5. The average Bonchev–Trinajstić information content (AvgIpc) is 3.45. The highest BCUT2D eigenvalue weighted by Gasteiger charge is 2.10. The number of anilines is 1. The predicted octanol–water partition coefficient (Wildman–Crippen LogP) is 4.29. The molecule has 0 aliphatic heterocycles. The lowest BCUT2D eigenvalue weighted by atomic mass is 10.0. The van der Waals surface area contributed by atoms with E-state index in [1.165, 1.54) is 6.39 Å². The Morgan fingerprint density at radius 3 is 2.57 bits per heavy atom. The van der Waals surface area contributed by atoms with Gasteiger partial charge in [0.15, 0.2) is 0 Å². The molecule has 4 aromatic heterocycles. The van der Waals surface area contributed by atoms with Gasteiger partial charge in [0.25, 0.3) is 0 Å². The van der Waals surface area contributed by atoms with E-state index in [0.29, 0.717) is 12.4 Å². The van der Waals surface area contributed by atoms with E-state index < -0.39 is 0 Å². The SMILES string of the molecule is c1cc(CNc2cc(-c3ccc(-c4nnco4)cc3)c3cc[nH]c3n2)ccn1. The topological polar surface area (TPSA) is 92.5 Å². The molecular weight excluding hydrogens is 352 g/mol. The molecule has 7 nitrogen and oxygen atoms in total. The number of benzene rings is 1. The molecule has 1 aromatic carbocycles. The van der Waals surface area contributed by atoms with Gasteiger partial charge in [-0.25, -0.2) is 4.98 Å².